The number of imidazole rings is 1. The average molecular weight is 276 g/mol. The van der Waals surface area contributed by atoms with Crippen molar-refractivity contribution >= 4 is 22.2 Å². The molecule has 0 atom stereocenters. The third-order valence-electron chi connectivity index (χ3n) is 4.49. The molecule has 0 aliphatic carbocycles. The third kappa shape index (κ3) is 1.15. The van der Waals surface area contributed by atoms with Crippen LogP contribution < -0.4 is 4.57 Å². The maximum absolute atomic E-state index is 4.58. The first-order valence-electron chi connectivity index (χ1n) is 7.03. The molecular formula is C16H14N5+. The van der Waals surface area contributed by atoms with Crippen molar-refractivity contribution in [2.75, 3.05) is 0 Å². The van der Waals surface area contributed by atoms with Gasteiger partial charge in [-0.1, -0.05) is 6.07 Å². The van der Waals surface area contributed by atoms with Gasteiger partial charge in [0.25, 0.3) is 11.5 Å². The summed E-state index contributed by atoms with van der Waals surface area (Å²) in [4.78, 5) is 9.11. The SMILES string of the molecule is Cn1c2[n+](c3c1c1cccnc1n3C)Cc1cccnc1-2. The van der Waals surface area contributed by atoms with Crippen molar-refractivity contribution in [3.63, 3.8) is 0 Å². The molecule has 5 heteroatoms. The lowest BCUT2D eigenvalue weighted by molar-refractivity contribution is -0.648. The summed E-state index contributed by atoms with van der Waals surface area (Å²) in [5.74, 6) is 1.18. The Kier molecular flexibility index (Phi) is 1.83. The lowest BCUT2D eigenvalue weighted by atomic mass is 10.2. The highest BCUT2D eigenvalue weighted by molar-refractivity contribution is 6.03. The van der Waals surface area contributed by atoms with E-state index in [1.54, 1.807) is 0 Å². The van der Waals surface area contributed by atoms with Gasteiger partial charge in [-0.15, -0.1) is 0 Å². The van der Waals surface area contributed by atoms with Crippen LogP contribution in [0, 0.1) is 0 Å². The lowest BCUT2D eigenvalue weighted by Crippen LogP contribution is -2.33. The van der Waals surface area contributed by atoms with Gasteiger partial charge >= 0.3 is 0 Å². The van der Waals surface area contributed by atoms with Crippen LogP contribution in [0.25, 0.3) is 33.7 Å². The lowest BCUT2D eigenvalue weighted by Gasteiger charge is -1.96. The Hall–Kier alpha value is -2.69. The molecule has 5 heterocycles. The van der Waals surface area contributed by atoms with Crippen molar-refractivity contribution in [3.8, 4) is 11.5 Å². The molecule has 4 aromatic rings. The zero-order chi connectivity index (χ0) is 14.1. The van der Waals surface area contributed by atoms with E-state index in [0.717, 1.165) is 17.9 Å². The highest BCUT2D eigenvalue weighted by Gasteiger charge is 2.35. The molecule has 0 aromatic carbocycles. The summed E-state index contributed by atoms with van der Waals surface area (Å²) < 4.78 is 6.77. The second-order valence-corrected chi connectivity index (χ2v) is 5.59. The molecular weight excluding hydrogens is 262 g/mol. The molecule has 0 saturated heterocycles. The van der Waals surface area contributed by atoms with Gasteiger partial charge in [-0.2, -0.15) is 0 Å². The van der Waals surface area contributed by atoms with Gasteiger partial charge in [0.15, 0.2) is 5.52 Å². The van der Waals surface area contributed by atoms with E-state index in [1.165, 1.54) is 27.9 Å². The highest BCUT2D eigenvalue weighted by Crippen LogP contribution is 2.33. The maximum Gasteiger partial charge on any atom is 0.271 e. The minimum atomic E-state index is 0.875. The third-order valence-corrected chi connectivity index (χ3v) is 4.49. The number of fused-ring (bicyclic) bond motifs is 7. The summed E-state index contributed by atoms with van der Waals surface area (Å²) in [6.07, 6.45) is 3.72. The standard InChI is InChI=1S/C16H14N5/c1-19-13-11-6-4-8-18-14(11)20(2)16(13)21-9-10-5-3-7-17-12(10)15(19)21/h3-8H,9H2,1-2H3/q+1. The van der Waals surface area contributed by atoms with Crippen molar-refractivity contribution < 1.29 is 4.57 Å². The maximum atomic E-state index is 4.58. The van der Waals surface area contributed by atoms with Crippen LogP contribution in [0.3, 0.4) is 0 Å². The van der Waals surface area contributed by atoms with Crippen LogP contribution in [0.2, 0.25) is 0 Å². The van der Waals surface area contributed by atoms with E-state index in [0.29, 0.717) is 0 Å². The van der Waals surface area contributed by atoms with Crippen LogP contribution in [0.15, 0.2) is 36.7 Å². The minimum Gasteiger partial charge on any atom is -0.254 e. The summed E-state index contributed by atoms with van der Waals surface area (Å²) in [5, 5.41) is 1.19. The van der Waals surface area contributed by atoms with Crippen molar-refractivity contribution in [1.82, 2.24) is 19.1 Å². The number of nitrogens with zero attached hydrogens (tertiary/aromatic N) is 5. The van der Waals surface area contributed by atoms with E-state index in [2.05, 4.69) is 49.9 Å². The molecule has 0 saturated carbocycles. The first-order chi connectivity index (χ1) is 10.3. The molecule has 4 aromatic heterocycles. The Balaban J connectivity index is 2.02. The largest absolute Gasteiger partial charge is 0.271 e. The fraction of sp³-hybridized carbons (Fsp3) is 0.188. The van der Waals surface area contributed by atoms with Crippen LogP contribution >= 0.6 is 0 Å². The summed E-state index contributed by atoms with van der Waals surface area (Å²) in [5.41, 5.74) is 5.83. The fourth-order valence-corrected chi connectivity index (χ4v) is 3.63. The molecule has 5 nitrogen and oxygen atoms in total. The molecule has 0 fully saturated rings. The Labute approximate surface area is 121 Å². The van der Waals surface area contributed by atoms with E-state index in [4.69, 9.17) is 0 Å². The number of hydrogen-bond acceptors (Lipinski definition) is 2. The Morgan fingerprint density at radius 2 is 1.86 bits per heavy atom. The predicted octanol–water partition coefficient (Wildman–Crippen LogP) is 1.78. The molecule has 0 radical (unpaired) electrons. The Bertz CT molecular complexity index is 1040. The summed E-state index contributed by atoms with van der Waals surface area (Å²) >= 11 is 0. The topological polar surface area (TPSA) is 39.5 Å². The van der Waals surface area contributed by atoms with Gasteiger partial charge in [0, 0.05) is 18.0 Å². The predicted molar refractivity (Wildman–Crippen MR) is 79.7 cm³/mol. The summed E-state index contributed by atoms with van der Waals surface area (Å²) in [6, 6.07) is 8.30. The van der Waals surface area contributed by atoms with Gasteiger partial charge in [-0.3, -0.25) is 4.57 Å². The number of aryl methyl sites for hydroxylation is 2. The fourth-order valence-electron chi connectivity index (χ4n) is 3.63. The van der Waals surface area contributed by atoms with Gasteiger partial charge in [0.2, 0.25) is 5.65 Å². The monoisotopic (exact) mass is 276 g/mol. The molecule has 5 rings (SSSR count). The Morgan fingerprint density at radius 1 is 1.05 bits per heavy atom. The number of aromatic nitrogens is 5. The van der Waals surface area contributed by atoms with E-state index in [1.807, 2.05) is 24.5 Å². The molecule has 0 unspecified atom stereocenters. The van der Waals surface area contributed by atoms with E-state index in [9.17, 15) is 0 Å². The van der Waals surface area contributed by atoms with Crippen molar-refractivity contribution in [2.24, 2.45) is 14.1 Å². The molecule has 102 valence electrons. The smallest absolute Gasteiger partial charge is 0.254 e. The van der Waals surface area contributed by atoms with Gasteiger partial charge < -0.3 is 0 Å². The normalized spacial score (nSPS) is 13.0. The summed E-state index contributed by atoms with van der Waals surface area (Å²) in [7, 11) is 4.20. The molecule has 1 aliphatic rings. The first kappa shape index (κ1) is 11.0. The quantitative estimate of drug-likeness (QED) is 0.404. The van der Waals surface area contributed by atoms with E-state index < -0.39 is 0 Å². The molecule has 0 spiro atoms. The average Bonchev–Trinajstić information content (AvgIpc) is 3.11. The number of rotatable bonds is 0. The molecule has 0 bridgehead atoms. The molecule has 21 heavy (non-hydrogen) atoms. The van der Waals surface area contributed by atoms with Crippen molar-refractivity contribution in [3.05, 3.63) is 42.2 Å². The van der Waals surface area contributed by atoms with E-state index in [-0.39, 0.29) is 0 Å². The van der Waals surface area contributed by atoms with Crippen molar-refractivity contribution in [2.45, 2.75) is 6.54 Å². The second kappa shape index (κ2) is 3.49. The van der Waals surface area contributed by atoms with Crippen LogP contribution in [0.5, 0.6) is 0 Å². The van der Waals surface area contributed by atoms with Gasteiger partial charge in [-0.25, -0.2) is 19.1 Å². The molecule has 1 aliphatic heterocycles. The highest BCUT2D eigenvalue weighted by atomic mass is 15.3. The van der Waals surface area contributed by atoms with Crippen LogP contribution in [-0.2, 0) is 20.6 Å². The van der Waals surface area contributed by atoms with Gasteiger partial charge in [0.1, 0.15) is 5.69 Å². The zero-order valence-electron chi connectivity index (χ0n) is 11.9. The van der Waals surface area contributed by atoms with E-state index >= 15 is 0 Å². The second-order valence-electron chi connectivity index (χ2n) is 5.59. The van der Waals surface area contributed by atoms with Crippen LogP contribution in [-0.4, -0.2) is 19.1 Å². The van der Waals surface area contributed by atoms with Gasteiger partial charge in [0.05, 0.1) is 26.0 Å². The number of hydrogen-bond donors (Lipinski definition) is 0. The van der Waals surface area contributed by atoms with Crippen LogP contribution in [0.4, 0.5) is 0 Å². The Morgan fingerprint density at radius 3 is 2.76 bits per heavy atom. The minimum absolute atomic E-state index is 0.875. The molecule has 0 N–H and O–H groups in total. The summed E-state index contributed by atoms with van der Waals surface area (Å²) in [6.45, 7) is 0.875. The van der Waals surface area contributed by atoms with Crippen molar-refractivity contribution in [1.29, 1.82) is 0 Å². The molecule has 0 amide bonds. The van der Waals surface area contributed by atoms with Gasteiger partial charge in [-0.05, 0) is 18.2 Å². The number of pyridine rings is 2. The first-order valence-corrected chi connectivity index (χ1v) is 7.03. The zero-order valence-corrected chi connectivity index (χ0v) is 11.9. The van der Waals surface area contributed by atoms with Crippen LogP contribution in [0.1, 0.15) is 5.56 Å².